The zero-order valence-corrected chi connectivity index (χ0v) is 8.30. The number of nitrogens with zero attached hydrogens (tertiary/aromatic N) is 1. The van der Waals surface area contributed by atoms with Crippen molar-refractivity contribution in [3.05, 3.63) is 0 Å². The molecule has 0 aromatic heterocycles. The minimum Gasteiger partial charge on any atom is -0.450 e. The summed E-state index contributed by atoms with van der Waals surface area (Å²) in [4.78, 5) is 12.2. The third-order valence-electron chi connectivity index (χ3n) is 2.10. The number of carbonyl (C=O) groups excluding carboxylic acids is 1. The Bertz CT molecular complexity index is 232. The molecule has 1 aliphatic heterocycles. The monoisotopic (exact) mass is 226 g/mol. The maximum Gasteiger partial charge on any atom is 0.409 e. The largest absolute Gasteiger partial charge is 0.450 e. The van der Waals surface area contributed by atoms with Crippen LogP contribution in [0.1, 0.15) is 6.92 Å². The first-order valence-corrected chi connectivity index (χ1v) is 4.67. The Hall–Kier alpha value is -0.980. The van der Waals surface area contributed by atoms with E-state index in [9.17, 15) is 18.0 Å². The van der Waals surface area contributed by atoms with Gasteiger partial charge in [-0.1, -0.05) is 0 Å². The van der Waals surface area contributed by atoms with E-state index in [1.807, 2.05) is 0 Å². The lowest BCUT2D eigenvalue weighted by Crippen LogP contribution is -2.58. The van der Waals surface area contributed by atoms with E-state index in [4.69, 9.17) is 0 Å². The summed E-state index contributed by atoms with van der Waals surface area (Å²) in [7, 11) is 0. The summed E-state index contributed by atoms with van der Waals surface area (Å²) < 4.78 is 41.6. The summed E-state index contributed by atoms with van der Waals surface area (Å²) in [5, 5.41) is 2.31. The maximum atomic E-state index is 12.3. The number of hydrogen-bond donors (Lipinski definition) is 1. The normalized spacial score (nSPS) is 22.7. The molecule has 0 saturated carbocycles. The first-order valence-electron chi connectivity index (χ1n) is 4.67. The van der Waals surface area contributed by atoms with Crippen LogP contribution in [0, 0.1) is 0 Å². The number of alkyl halides is 3. The lowest BCUT2D eigenvalue weighted by molar-refractivity contribution is -0.163. The molecule has 0 spiro atoms. The van der Waals surface area contributed by atoms with E-state index in [2.05, 4.69) is 10.1 Å². The molecule has 0 aliphatic carbocycles. The van der Waals surface area contributed by atoms with Gasteiger partial charge in [-0.25, -0.2) is 4.79 Å². The summed E-state index contributed by atoms with van der Waals surface area (Å²) in [6, 6.07) is -1.66. The molecule has 0 bridgehead atoms. The first-order chi connectivity index (χ1) is 6.95. The van der Waals surface area contributed by atoms with Gasteiger partial charge in [-0.3, -0.25) is 0 Å². The van der Waals surface area contributed by atoms with Crippen molar-refractivity contribution >= 4 is 6.09 Å². The topological polar surface area (TPSA) is 41.6 Å². The molecule has 0 unspecified atom stereocenters. The van der Waals surface area contributed by atoms with E-state index in [0.29, 0.717) is 0 Å². The van der Waals surface area contributed by atoms with E-state index in [1.165, 1.54) is 0 Å². The van der Waals surface area contributed by atoms with E-state index in [0.717, 1.165) is 4.90 Å². The van der Waals surface area contributed by atoms with E-state index >= 15 is 0 Å². The number of rotatable bonds is 1. The molecule has 88 valence electrons. The van der Waals surface area contributed by atoms with Crippen molar-refractivity contribution in [1.82, 2.24) is 10.2 Å². The Balaban J connectivity index is 2.52. The molecule has 1 amide bonds. The molecule has 1 fully saturated rings. The number of halogens is 3. The Labute approximate surface area is 85.4 Å². The van der Waals surface area contributed by atoms with Crippen LogP contribution in [-0.4, -0.2) is 49.5 Å². The zero-order valence-electron chi connectivity index (χ0n) is 8.30. The quantitative estimate of drug-likeness (QED) is 0.724. The van der Waals surface area contributed by atoms with E-state index < -0.39 is 18.3 Å². The van der Waals surface area contributed by atoms with Gasteiger partial charge in [0.1, 0.15) is 6.04 Å². The van der Waals surface area contributed by atoms with Crippen molar-refractivity contribution in [1.29, 1.82) is 0 Å². The van der Waals surface area contributed by atoms with Gasteiger partial charge in [0.05, 0.1) is 6.61 Å². The number of piperazine rings is 1. The van der Waals surface area contributed by atoms with Crippen molar-refractivity contribution in [2.75, 3.05) is 26.2 Å². The molecule has 1 aliphatic rings. The van der Waals surface area contributed by atoms with E-state index in [-0.39, 0.29) is 26.2 Å². The van der Waals surface area contributed by atoms with Gasteiger partial charge in [0.25, 0.3) is 0 Å². The number of amides is 1. The van der Waals surface area contributed by atoms with Gasteiger partial charge in [-0.2, -0.15) is 13.2 Å². The summed E-state index contributed by atoms with van der Waals surface area (Å²) in [5.41, 5.74) is 0. The second-order valence-electron chi connectivity index (χ2n) is 3.19. The Kier molecular flexibility index (Phi) is 3.78. The van der Waals surface area contributed by atoms with Crippen LogP contribution in [0.15, 0.2) is 0 Å². The van der Waals surface area contributed by atoms with Crippen LogP contribution in [0.3, 0.4) is 0 Å². The standard InChI is InChI=1S/C8H13F3N2O2/c1-2-15-7(14)13-4-3-12-6(5-13)8(9,10)11/h6,12H,2-5H2,1H3/t6-/m1/s1. The molecular weight excluding hydrogens is 213 g/mol. The highest BCUT2D eigenvalue weighted by molar-refractivity contribution is 5.67. The van der Waals surface area contributed by atoms with Gasteiger partial charge >= 0.3 is 12.3 Å². The fourth-order valence-electron chi connectivity index (χ4n) is 1.35. The minimum absolute atomic E-state index is 0.128. The predicted molar refractivity (Wildman–Crippen MR) is 46.4 cm³/mol. The van der Waals surface area contributed by atoms with Gasteiger partial charge < -0.3 is 15.0 Å². The third-order valence-corrected chi connectivity index (χ3v) is 2.10. The van der Waals surface area contributed by atoms with Gasteiger partial charge in [-0.05, 0) is 6.92 Å². The van der Waals surface area contributed by atoms with Gasteiger partial charge in [0.15, 0.2) is 0 Å². The van der Waals surface area contributed by atoms with Crippen molar-refractivity contribution < 1.29 is 22.7 Å². The highest BCUT2D eigenvalue weighted by Crippen LogP contribution is 2.22. The van der Waals surface area contributed by atoms with Crippen LogP contribution in [0.2, 0.25) is 0 Å². The molecule has 0 radical (unpaired) electrons. The van der Waals surface area contributed by atoms with Crippen LogP contribution in [0.4, 0.5) is 18.0 Å². The summed E-state index contributed by atoms with van der Waals surface area (Å²) in [5.74, 6) is 0. The first kappa shape index (κ1) is 12.1. The van der Waals surface area contributed by atoms with Crippen LogP contribution < -0.4 is 5.32 Å². The second-order valence-corrected chi connectivity index (χ2v) is 3.19. The molecule has 15 heavy (non-hydrogen) atoms. The molecule has 1 saturated heterocycles. The average molecular weight is 226 g/mol. The van der Waals surface area contributed by atoms with Crippen molar-refractivity contribution in [2.45, 2.75) is 19.1 Å². The lowest BCUT2D eigenvalue weighted by Gasteiger charge is -2.33. The average Bonchev–Trinajstić information content (AvgIpc) is 2.17. The number of ether oxygens (including phenoxy) is 1. The molecule has 1 atom stereocenters. The smallest absolute Gasteiger partial charge is 0.409 e. The Morgan fingerprint density at radius 1 is 1.60 bits per heavy atom. The van der Waals surface area contributed by atoms with Crippen LogP contribution in [0.5, 0.6) is 0 Å². The highest BCUT2D eigenvalue weighted by Gasteiger charge is 2.43. The molecule has 0 aromatic carbocycles. The van der Waals surface area contributed by atoms with Gasteiger partial charge in [-0.15, -0.1) is 0 Å². The van der Waals surface area contributed by atoms with Crippen molar-refractivity contribution in [3.8, 4) is 0 Å². The summed E-state index contributed by atoms with van der Waals surface area (Å²) in [6.45, 7) is 1.76. The van der Waals surface area contributed by atoms with E-state index in [1.54, 1.807) is 6.92 Å². The Morgan fingerprint density at radius 3 is 2.80 bits per heavy atom. The van der Waals surface area contributed by atoms with Gasteiger partial charge in [0, 0.05) is 19.6 Å². The highest BCUT2D eigenvalue weighted by atomic mass is 19.4. The third kappa shape index (κ3) is 3.26. The summed E-state index contributed by atoms with van der Waals surface area (Å²) in [6.07, 6.45) is -5.02. The van der Waals surface area contributed by atoms with Crippen LogP contribution in [-0.2, 0) is 4.74 Å². The number of carbonyl (C=O) groups is 1. The molecular formula is C8H13F3N2O2. The van der Waals surface area contributed by atoms with Crippen molar-refractivity contribution in [3.63, 3.8) is 0 Å². The number of hydrogen-bond acceptors (Lipinski definition) is 3. The zero-order chi connectivity index (χ0) is 11.5. The molecule has 1 N–H and O–H groups in total. The minimum atomic E-state index is -4.33. The van der Waals surface area contributed by atoms with Gasteiger partial charge in [0.2, 0.25) is 0 Å². The van der Waals surface area contributed by atoms with Crippen LogP contribution >= 0.6 is 0 Å². The predicted octanol–water partition coefficient (Wildman–Crippen LogP) is 0.979. The fraction of sp³-hybridized carbons (Fsp3) is 0.875. The summed E-state index contributed by atoms with van der Waals surface area (Å²) >= 11 is 0. The molecule has 1 rings (SSSR count). The van der Waals surface area contributed by atoms with Crippen LogP contribution in [0.25, 0.3) is 0 Å². The second kappa shape index (κ2) is 4.69. The SMILES string of the molecule is CCOC(=O)N1CCN[C@@H](C(F)(F)F)C1. The Morgan fingerprint density at radius 2 is 2.27 bits per heavy atom. The molecule has 0 aromatic rings. The molecule has 1 heterocycles. The number of nitrogens with one attached hydrogen (secondary N) is 1. The lowest BCUT2D eigenvalue weighted by atomic mass is 10.2. The molecule has 7 heteroatoms. The maximum absolute atomic E-state index is 12.3. The fourth-order valence-corrected chi connectivity index (χ4v) is 1.35. The van der Waals surface area contributed by atoms with Crippen molar-refractivity contribution in [2.24, 2.45) is 0 Å². The molecule has 4 nitrogen and oxygen atoms in total.